The van der Waals surface area contributed by atoms with Gasteiger partial charge in [0.2, 0.25) is 0 Å². The Morgan fingerprint density at radius 3 is 1.42 bits per heavy atom. The molecule has 1 aliphatic heterocycles. The molecule has 0 N–H and O–H groups in total. The van der Waals surface area contributed by atoms with Gasteiger partial charge in [0.25, 0.3) is 0 Å². The van der Waals surface area contributed by atoms with E-state index in [1.807, 2.05) is 0 Å². The maximum absolute atomic E-state index is 2.45. The molecule has 0 unspecified atom stereocenters. The normalized spacial score (nSPS) is 30.4. The van der Waals surface area contributed by atoms with Crippen molar-refractivity contribution >= 4 is 6.60 Å². The van der Waals surface area contributed by atoms with Gasteiger partial charge in [0.1, 0.15) is 0 Å². The second-order valence-electron chi connectivity index (χ2n) is 4.69. The standard InChI is InChI=1S/C11H25P/c1-4-12(5-2,6-3)10-8-7-9-11-12/h4-11H2,1-3H3. The monoisotopic (exact) mass is 188 g/mol. The second-order valence-corrected chi connectivity index (χ2v) is 12.0. The van der Waals surface area contributed by atoms with E-state index in [1.54, 1.807) is 12.3 Å². The Bertz CT molecular complexity index is 126. The molecule has 0 saturated carbocycles. The first-order valence-corrected chi connectivity index (χ1v) is 8.86. The number of hydrogen-bond donors (Lipinski definition) is 0. The summed E-state index contributed by atoms with van der Waals surface area (Å²) in [6, 6.07) is 0. The van der Waals surface area contributed by atoms with E-state index < -0.39 is 6.60 Å². The average molecular weight is 188 g/mol. The van der Waals surface area contributed by atoms with Gasteiger partial charge in [0, 0.05) is 0 Å². The molecule has 0 nitrogen and oxygen atoms in total. The van der Waals surface area contributed by atoms with Crippen LogP contribution < -0.4 is 0 Å². The van der Waals surface area contributed by atoms with E-state index in [9.17, 15) is 0 Å². The number of rotatable bonds is 3. The van der Waals surface area contributed by atoms with Gasteiger partial charge in [-0.2, -0.15) is 0 Å². The van der Waals surface area contributed by atoms with Crippen LogP contribution in [-0.2, 0) is 0 Å². The van der Waals surface area contributed by atoms with E-state index in [4.69, 9.17) is 0 Å². The molecule has 1 rings (SSSR count). The molecule has 1 saturated heterocycles. The SMILES string of the molecule is CCP1(CC)(CC)CCCCC1. The zero-order chi connectivity index (χ0) is 9.10. The van der Waals surface area contributed by atoms with Crippen molar-refractivity contribution in [1.29, 1.82) is 0 Å². The molecule has 1 aliphatic rings. The maximum atomic E-state index is 2.45. The molecule has 0 spiro atoms. The molecule has 0 aromatic carbocycles. The van der Waals surface area contributed by atoms with Gasteiger partial charge in [-0.15, -0.1) is 0 Å². The van der Waals surface area contributed by atoms with Gasteiger partial charge in [-0.1, -0.05) is 0 Å². The van der Waals surface area contributed by atoms with Crippen LogP contribution >= 0.6 is 6.60 Å². The van der Waals surface area contributed by atoms with Crippen molar-refractivity contribution in [2.24, 2.45) is 0 Å². The summed E-state index contributed by atoms with van der Waals surface area (Å²) in [6.45, 7) is 6.24. The Morgan fingerprint density at radius 2 is 1.17 bits per heavy atom. The second kappa shape index (κ2) is 3.66. The van der Waals surface area contributed by atoms with Gasteiger partial charge in [-0.3, -0.25) is 0 Å². The summed E-state index contributed by atoms with van der Waals surface area (Å²) in [5.74, 6) is 0. The summed E-state index contributed by atoms with van der Waals surface area (Å²) in [7, 11) is 0. The quantitative estimate of drug-likeness (QED) is 0.591. The van der Waals surface area contributed by atoms with Crippen molar-refractivity contribution in [2.75, 3.05) is 30.8 Å². The molecule has 74 valence electrons. The molecule has 0 bridgehead atoms. The molecular weight excluding hydrogens is 163 g/mol. The fourth-order valence-electron chi connectivity index (χ4n) is 3.03. The van der Waals surface area contributed by atoms with Gasteiger partial charge in [-0.25, -0.2) is 0 Å². The van der Waals surface area contributed by atoms with Crippen LogP contribution in [0.1, 0.15) is 40.0 Å². The van der Waals surface area contributed by atoms with Crippen molar-refractivity contribution < 1.29 is 0 Å². The van der Waals surface area contributed by atoms with Gasteiger partial charge in [0.05, 0.1) is 0 Å². The molecule has 1 fully saturated rings. The zero-order valence-corrected chi connectivity index (χ0v) is 10.00. The molecule has 0 aromatic rings. The van der Waals surface area contributed by atoms with Crippen LogP contribution in [0.3, 0.4) is 0 Å². The van der Waals surface area contributed by atoms with E-state index in [2.05, 4.69) is 20.8 Å². The fourth-order valence-corrected chi connectivity index (χ4v) is 8.72. The van der Waals surface area contributed by atoms with Crippen LogP contribution in [0.2, 0.25) is 0 Å². The third kappa shape index (κ3) is 1.55. The summed E-state index contributed by atoms with van der Waals surface area (Å²) in [4.78, 5) is 0. The topological polar surface area (TPSA) is 0 Å². The van der Waals surface area contributed by atoms with Gasteiger partial charge in [0.15, 0.2) is 0 Å². The molecule has 0 aromatic heterocycles. The summed E-state index contributed by atoms with van der Waals surface area (Å²) in [5, 5.41) is 0. The Kier molecular flexibility index (Phi) is 3.21. The van der Waals surface area contributed by atoms with E-state index in [0.717, 1.165) is 0 Å². The van der Waals surface area contributed by atoms with Gasteiger partial charge >= 0.3 is 77.4 Å². The minimum absolute atomic E-state index is 1.12. The molecule has 0 amide bonds. The molecular formula is C11H25P. The number of hydrogen-bond acceptors (Lipinski definition) is 0. The van der Waals surface area contributed by atoms with Crippen molar-refractivity contribution in [3.8, 4) is 0 Å². The average Bonchev–Trinajstić information content (AvgIpc) is 2.19. The van der Waals surface area contributed by atoms with Crippen molar-refractivity contribution in [3.63, 3.8) is 0 Å². The molecule has 0 aliphatic carbocycles. The van der Waals surface area contributed by atoms with E-state index >= 15 is 0 Å². The van der Waals surface area contributed by atoms with Gasteiger partial charge < -0.3 is 0 Å². The predicted octanol–water partition coefficient (Wildman–Crippen LogP) is 3.78. The first kappa shape index (κ1) is 10.5. The minimum atomic E-state index is -1.12. The molecule has 1 heterocycles. The Morgan fingerprint density at radius 1 is 0.750 bits per heavy atom. The Balaban J connectivity index is 2.81. The predicted molar refractivity (Wildman–Crippen MR) is 62.1 cm³/mol. The van der Waals surface area contributed by atoms with E-state index in [0.29, 0.717) is 0 Å². The van der Waals surface area contributed by atoms with Crippen LogP contribution in [0.15, 0.2) is 0 Å². The van der Waals surface area contributed by atoms with E-state index in [-0.39, 0.29) is 0 Å². The van der Waals surface area contributed by atoms with Crippen LogP contribution in [0.25, 0.3) is 0 Å². The zero-order valence-electron chi connectivity index (χ0n) is 9.10. The van der Waals surface area contributed by atoms with Crippen LogP contribution in [0.5, 0.6) is 0 Å². The Hall–Kier alpha value is 0.430. The van der Waals surface area contributed by atoms with Crippen LogP contribution in [0.4, 0.5) is 0 Å². The van der Waals surface area contributed by atoms with Crippen molar-refractivity contribution in [3.05, 3.63) is 0 Å². The first-order chi connectivity index (χ1) is 5.70. The van der Waals surface area contributed by atoms with E-state index in [1.165, 1.54) is 37.7 Å². The fraction of sp³-hybridized carbons (Fsp3) is 1.00. The molecule has 0 radical (unpaired) electrons. The Labute approximate surface area is 78.1 Å². The van der Waals surface area contributed by atoms with Gasteiger partial charge in [-0.05, 0) is 0 Å². The van der Waals surface area contributed by atoms with Crippen molar-refractivity contribution in [1.82, 2.24) is 0 Å². The van der Waals surface area contributed by atoms with Crippen LogP contribution in [-0.4, -0.2) is 30.8 Å². The summed E-state index contributed by atoms with van der Waals surface area (Å²) in [5.41, 5.74) is 0. The molecule has 0 atom stereocenters. The molecule has 12 heavy (non-hydrogen) atoms. The van der Waals surface area contributed by atoms with Crippen LogP contribution in [0, 0.1) is 0 Å². The summed E-state index contributed by atoms with van der Waals surface area (Å²) in [6.07, 6.45) is 12.4. The third-order valence-corrected chi connectivity index (χ3v) is 13.3. The third-order valence-electron chi connectivity index (χ3n) is 4.76. The first-order valence-electron chi connectivity index (χ1n) is 5.70. The summed E-state index contributed by atoms with van der Waals surface area (Å²) < 4.78 is 0. The summed E-state index contributed by atoms with van der Waals surface area (Å²) >= 11 is 0. The van der Waals surface area contributed by atoms with Crippen molar-refractivity contribution in [2.45, 2.75) is 40.0 Å². The molecule has 1 heteroatoms.